The number of carboxylic acid groups (broad SMARTS) is 1. The predicted octanol–water partition coefficient (Wildman–Crippen LogP) is 3.55. The number of halogens is 1. The second-order valence-corrected chi connectivity index (χ2v) is 5.45. The summed E-state index contributed by atoms with van der Waals surface area (Å²) in [6.45, 7) is 1.80. The van der Waals surface area contributed by atoms with Gasteiger partial charge >= 0.3 is 5.97 Å². The van der Waals surface area contributed by atoms with E-state index in [1.807, 2.05) is 12.1 Å². The van der Waals surface area contributed by atoms with Crippen molar-refractivity contribution in [1.82, 2.24) is 0 Å². The molecule has 0 saturated heterocycles. The number of carboxylic acids is 1. The average molecular weight is 381 g/mol. The lowest BCUT2D eigenvalue weighted by atomic mass is 10.1. The number of aryl methyl sites for hydroxylation is 1. The smallest absolute Gasteiger partial charge is 0.337 e. The third-order valence-corrected chi connectivity index (χ3v) is 3.71. The number of hydrogen-bond acceptors (Lipinski definition) is 2. The molecule has 0 aliphatic rings. The lowest BCUT2D eigenvalue weighted by Crippen LogP contribution is -2.16. The normalized spacial score (nSPS) is 10.1. The number of hydrogen-bond donors (Lipinski definition) is 2. The number of nitrogens with one attached hydrogen (secondary N) is 1. The third kappa shape index (κ3) is 3.16. The van der Waals surface area contributed by atoms with E-state index in [9.17, 15) is 14.7 Å². The van der Waals surface area contributed by atoms with Crippen molar-refractivity contribution < 1.29 is 14.7 Å². The van der Waals surface area contributed by atoms with Gasteiger partial charge in [-0.1, -0.05) is 23.8 Å². The number of aromatic carboxylic acids is 1. The van der Waals surface area contributed by atoms with Gasteiger partial charge in [0.25, 0.3) is 5.91 Å². The van der Waals surface area contributed by atoms with Gasteiger partial charge in [0.2, 0.25) is 0 Å². The number of benzene rings is 2. The summed E-state index contributed by atoms with van der Waals surface area (Å²) < 4.78 is 0.812. The van der Waals surface area contributed by atoms with Crippen molar-refractivity contribution >= 4 is 40.2 Å². The molecule has 0 radical (unpaired) electrons. The highest BCUT2D eigenvalue weighted by molar-refractivity contribution is 14.1. The summed E-state index contributed by atoms with van der Waals surface area (Å²) in [6.07, 6.45) is 0. The van der Waals surface area contributed by atoms with E-state index in [0.717, 1.165) is 9.13 Å². The van der Waals surface area contributed by atoms with E-state index in [4.69, 9.17) is 0 Å². The number of carbonyl (C=O) groups excluding carboxylic acids is 1. The summed E-state index contributed by atoms with van der Waals surface area (Å²) in [5.41, 5.74) is 1.73. The van der Waals surface area contributed by atoms with Gasteiger partial charge in [-0.2, -0.15) is 0 Å². The Morgan fingerprint density at radius 2 is 1.80 bits per heavy atom. The summed E-state index contributed by atoms with van der Waals surface area (Å²) in [6, 6.07) is 12.0. The standard InChI is InChI=1S/C15H12INO3/c1-9-6-7-13(11(8-9)15(19)20)17-14(18)10-4-2-3-5-12(10)16/h2-8H,1H3,(H,17,18)(H,19,20). The Labute approximate surface area is 130 Å². The maximum absolute atomic E-state index is 12.2. The Morgan fingerprint density at radius 3 is 2.45 bits per heavy atom. The zero-order valence-corrected chi connectivity index (χ0v) is 12.8. The zero-order chi connectivity index (χ0) is 14.7. The molecule has 0 atom stereocenters. The number of rotatable bonds is 3. The van der Waals surface area contributed by atoms with Crippen LogP contribution in [0.1, 0.15) is 26.3 Å². The molecule has 0 aromatic heterocycles. The van der Waals surface area contributed by atoms with E-state index in [1.54, 1.807) is 31.2 Å². The van der Waals surface area contributed by atoms with Crippen LogP contribution in [-0.4, -0.2) is 17.0 Å². The maximum Gasteiger partial charge on any atom is 0.337 e. The summed E-state index contributed by atoms with van der Waals surface area (Å²) in [7, 11) is 0. The van der Waals surface area contributed by atoms with Crippen molar-refractivity contribution in [2.75, 3.05) is 5.32 Å². The first-order valence-corrected chi connectivity index (χ1v) is 6.96. The highest BCUT2D eigenvalue weighted by atomic mass is 127. The van der Waals surface area contributed by atoms with Crippen LogP contribution in [0.5, 0.6) is 0 Å². The van der Waals surface area contributed by atoms with Crippen molar-refractivity contribution in [1.29, 1.82) is 0 Å². The van der Waals surface area contributed by atoms with Crippen molar-refractivity contribution in [3.63, 3.8) is 0 Å². The fourth-order valence-corrected chi connectivity index (χ4v) is 2.41. The molecule has 5 heteroatoms. The molecule has 20 heavy (non-hydrogen) atoms. The number of carbonyl (C=O) groups is 2. The maximum atomic E-state index is 12.2. The quantitative estimate of drug-likeness (QED) is 0.800. The van der Waals surface area contributed by atoms with Gasteiger partial charge in [0.1, 0.15) is 0 Å². The number of anilines is 1. The average Bonchev–Trinajstić information content (AvgIpc) is 2.41. The van der Waals surface area contributed by atoms with E-state index in [2.05, 4.69) is 27.9 Å². The highest BCUT2D eigenvalue weighted by Crippen LogP contribution is 2.20. The molecule has 2 aromatic carbocycles. The molecule has 1 amide bonds. The SMILES string of the molecule is Cc1ccc(NC(=O)c2ccccc2I)c(C(=O)O)c1. The Balaban J connectivity index is 2.33. The molecule has 0 aliphatic heterocycles. The van der Waals surface area contributed by atoms with Crippen LogP contribution in [0.25, 0.3) is 0 Å². The van der Waals surface area contributed by atoms with E-state index >= 15 is 0 Å². The Hall–Kier alpha value is -1.89. The summed E-state index contributed by atoms with van der Waals surface area (Å²) in [4.78, 5) is 23.4. The molecule has 2 aromatic rings. The van der Waals surface area contributed by atoms with Crippen LogP contribution in [0, 0.1) is 10.5 Å². The van der Waals surface area contributed by atoms with Gasteiger partial charge in [-0.3, -0.25) is 4.79 Å². The molecular weight excluding hydrogens is 369 g/mol. The van der Waals surface area contributed by atoms with Gasteiger partial charge < -0.3 is 10.4 Å². The molecule has 0 spiro atoms. The van der Waals surface area contributed by atoms with E-state index < -0.39 is 5.97 Å². The van der Waals surface area contributed by atoms with Crippen molar-refractivity contribution in [2.24, 2.45) is 0 Å². The molecule has 2 N–H and O–H groups in total. The van der Waals surface area contributed by atoms with Gasteiger partial charge in [-0.05, 0) is 53.8 Å². The monoisotopic (exact) mass is 381 g/mol. The van der Waals surface area contributed by atoms with E-state index in [-0.39, 0.29) is 11.5 Å². The van der Waals surface area contributed by atoms with Crippen LogP contribution in [0.3, 0.4) is 0 Å². The van der Waals surface area contributed by atoms with Crippen molar-refractivity contribution in [3.8, 4) is 0 Å². The molecule has 0 heterocycles. The molecule has 0 unspecified atom stereocenters. The molecule has 4 nitrogen and oxygen atoms in total. The first-order valence-electron chi connectivity index (χ1n) is 5.89. The lowest BCUT2D eigenvalue weighted by Gasteiger charge is -2.10. The van der Waals surface area contributed by atoms with Crippen LogP contribution < -0.4 is 5.32 Å². The Morgan fingerprint density at radius 1 is 1.10 bits per heavy atom. The first kappa shape index (κ1) is 14.5. The van der Waals surface area contributed by atoms with Gasteiger partial charge in [0.05, 0.1) is 16.8 Å². The van der Waals surface area contributed by atoms with Gasteiger partial charge in [-0.15, -0.1) is 0 Å². The molecule has 102 valence electrons. The molecule has 0 bridgehead atoms. The Bertz CT molecular complexity index is 683. The Kier molecular flexibility index (Phi) is 4.39. The van der Waals surface area contributed by atoms with Crippen LogP contribution in [0.2, 0.25) is 0 Å². The van der Waals surface area contributed by atoms with Crippen LogP contribution in [0.4, 0.5) is 5.69 Å². The number of amides is 1. The molecule has 0 saturated carbocycles. The molecule has 0 aliphatic carbocycles. The van der Waals surface area contributed by atoms with Crippen LogP contribution in [0.15, 0.2) is 42.5 Å². The minimum atomic E-state index is -1.06. The fraction of sp³-hybridized carbons (Fsp3) is 0.0667. The van der Waals surface area contributed by atoms with E-state index in [0.29, 0.717) is 11.3 Å². The summed E-state index contributed by atoms with van der Waals surface area (Å²) in [5.74, 6) is -1.38. The zero-order valence-electron chi connectivity index (χ0n) is 10.7. The minimum Gasteiger partial charge on any atom is -0.478 e. The summed E-state index contributed by atoms with van der Waals surface area (Å²) >= 11 is 2.07. The van der Waals surface area contributed by atoms with Crippen LogP contribution >= 0.6 is 22.6 Å². The van der Waals surface area contributed by atoms with Crippen molar-refractivity contribution in [3.05, 3.63) is 62.7 Å². The topological polar surface area (TPSA) is 66.4 Å². The highest BCUT2D eigenvalue weighted by Gasteiger charge is 2.15. The molecule has 0 fully saturated rings. The summed E-state index contributed by atoms with van der Waals surface area (Å²) in [5, 5.41) is 11.8. The minimum absolute atomic E-state index is 0.0873. The molecule has 2 rings (SSSR count). The third-order valence-electron chi connectivity index (χ3n) is 2.77. The molecular formula is C15H12INO3. The van der Waals surface area contributed by atoms with Crippen LogP contribution in [-0.2, 0) is 0 Å². The van der Waals surface area contributed by atoms with Gasteiger partial charge in [0, 0.05) is 3.57 Å². The van der Waals surface area contributed by atoms with Gasteiger partial charge in [-0.25, -0.2) is 4.79 Å². The predicted molar refractivity (Wildman–Crippen MR) is 85.3 cm³/mol. The van der Waals surface area contributed by atoms with E-state index in [1.165, 1.54) is 6.07 Å². The van der Waals surface area contributed by atoms with Gasteiger partial charge in [0.15, 0.2) is 0 Å². The second kappa shape index (κ2) is 6.04. The first-order chi connectivity index (χ1) is 9.49. The fourth-order valence-electron chi connectivity index (χ4n) is 1.78. The largest absolute Gasteiger partial charge is 0.478 e. The second-order valence-electron chi connectivity index (χ2n) is 4.29. The van der Waals surface area contributed by atoms with Crippen molar-refractivity contribution in [2.45, 2.75) is 6.92 Å². The lowest BCUT2D eigenvalue weighted by molar-refractivity contribution is 0.0698.